The van der Waals surface area contributed by atoms with Crippen LogP contribution in [0.5, 0.6) is 5.75 Å². The lowest BCUT2D eigenvalue weighted by Gasteiger charge is -2.15. The van der Waals surface area contributed by atoms with Gasteiger partial charge in [0.2, 0.25) is 5.91 Å². The second-order valence-corrected chi connectivity index (χ2v) is 5.16. The third-order valence-electron chi connectivity index (χ3n) is 2.83. The maximum absolute atomic E-state index is 10.7. The Morgan fingerprint density at radius 1 is 1.32 bits per heavy atom. The van der Waals surface area contributed by atoms with Crippen LogP contribution in [-0.4, -0.2) is 18.6 Å². The molecule has 0 aliphatic heterocycles. The smallest absolute Gasteiger partial charge is 0.220 e. The zero-order chi connectivity index (χ0) is 14.4. The molecule has 1 aromatic rings. The fourth-order valence-electron chi connectivity index (χ4n) is 1.95. The van der Waals surface area contributed by atoms with Gasteiger partial charge in [0.25, 0.3) is 0 Å². The van der Waals surface area contributed by atoms with Crippen molar-refractivity contribution in [3.05, 3.63) is 28.8 Å². The second-order valence-electron chi connectivity index (χ2n) is 5.16. The Balaban J connectivity index is 2.71. The Morgan fingerprint density at radius 2 is 1.89 bits per heavy atom. The van der Waals surface area contributed by atoms with E-state index in [0.717, 1.165) is 23.4 Å². The van der Waals surface area contributed by atoms with E-state index < -0.39 is 0 Å². The standard InChI is InChI=1S/C15H24N2O2/c1-10(2)17-9-13-7-11(3)15(12(4)8-13)19-6-5-14(16)18/h7-8,10,17H,5-6,9H2,1-4H3,(H2,16,18). The van der Waals surface area contributed by atoms with E-state index in [1.807, 2.05) is 13.8 Å². The first-order chi connectivity index (χ1) is 8.90. The molecule has 1 aromatic carbocycles. The van der Waals surface area contributed by atoms with Crippen molar-refractivity contribution in [2.24, 2.45) is 5.73 Å². The average molecular weight is 264 g/mol. The van der Waals surface area contributed by atoms with Crippen molar-refractivity contribution < 1.29 is 9.53 Å². The van der Waals surface area contributed by atoms with Crippen LogP contribution in [0.3, 0.4) is 0 Å². The van der Waals surface area contributed by atoms with Gasteiger partial charge in [-0.25, -0.2) is 0 Å². The third kappa shape index (κ3) is 5.30. The van der Waals surface area contributed by atoms with Crippen LogP contribution in [0.25, 0.3) is 0 Å². The Kier molecular flexibility index (Phi) is 5.83. The summed E-state index contributed by atoms with van der Waals surface area (Å²) in [4.78, 5) is 10.7. The minimum Gasteiger partial charge on any atom is -0.493 e. The average Bonchev–Trinajstić information content (AvgIpc) is 2.29. The van der Waals surface area contributed by atoms with E-state index in [9.17, 15) is 4.79 Å². The lowest BCUT2D eigenvalue weighted by atomic mass is 10.1. The van der Waals surface area contributed by atoms with E-state index in [1.165, 1.54) is 5.56 Å². The summed E-state index contributed by atoms with van der Waals surface area (Å²) in [6.45, 7) is 9.47. The minimum absolute atomic E-state index is 0.246. The number of hydrogen-bond donors (Lipinski definition) is 2. The number of nitrogens with one attached hydrogen (secondary N) is 1. The van der Waals surface area contributed by atoms with Crippen LogP contribution in [-0.2, 0) is 11.3 Å². The number of nitrogens with two attached hydrogens (primary N) is 1. The zero-order valence-electron chi connectivity index (χ0n) is 12.2. The van der Waals surface area contributed by atoms with E-state index in [1.54, 1.807) is 0 Å². The number of carbonyl (C=O) groups excluding carboxylic acids is 1. The van der Waals surface area contributed by atoms with Crippen LogP contribution in [0.4, 0.5) is 0 Å². The fourth-order valence-corrected chi connectivity index (χ4v) is 1.95. The van der Waals surface area contributed by atoms with Crippen molar-refractivity contribution in [1.82, 2.24) is 5.32 Å². The number of aryl methyl sites for hydroxylation is 2. The number of rotatable bonds is 7. The number of hydrogen-bond acceptors (Lipinski definition) is 3. The third-order valence-corrected chi connectivity index (χ3v) is 2.83. The van der Waals surface area contributed by atoms with Gasteiger partial charge in [-0.3, -0.25) is 4.79 Å². The number of primary amides is 1. The molecule has 0 aliphatic carbocycles. The molecule has 1 amide bonds. The quantitative estimate of drug-likeness (QED) is 0.792. The van der Waals surface area contributed by atoms with E-state index in [2.05, 4.69) is 31.3 Å². The van der Waals surface area contributed by atoms with E-state index in [-0.39, 0.29) is 12.3 Å². The van der Waals surface area contributed by atoms with E-state index in [0.29, 0.717) is 12.6 Å². The molecule has 0 atom stereocenters. The Labute approximate surface area is 115 Å². The van der Waals surface area contributed by atoms with Crippen molar-refractivity contribution in [3.8, 4) is 5.75 Å². The molecule has 0 saturated heterocycles. The summed E-state index contributed by atoms with van der Waals surface area (Å²) in [6.07, 6.45) is 0.246. The van der Waals surface area contributed by atoms with Gasteiger partial charge in [0.1, 0.15) is 5.75 Å². The lowest BCUT2D eigenvalue weighted by molar-refractivity contribution is -0.118. The molecule has 0 aliphatic rings. The highest BCUT2D eigenvalue weighted by Crippen LogP contribution is 2.25. The van der Waals surface area contributed by atoms with Crippen molar-refractivity contribution in [2.45, 2.75) is 46.7 Å². The summed E-state index contributed by atoms with van der Waals surface area (Å²) in [5.74, 6) is 0.516. The van der Waals surface area contributed by atoms with Gasteiger partial charge in [0.15, 0.2) is 0 Å². The fraction of sp³-hybridized carbons (Fsp3) is 0.533. The van der Waals surface area contributed by atoms with Crippen LogP contribution in [0.1, 0.15) is 37.0 Å². The van der Waals surface area contributed by atoms with Crippen LogP contribution < -0.4 is 15.8 Å². The van der Waals surface area contributed by atoms with Crippen LogP contribution in [0.2, 0.25) is 0 Å². The predicted molar refractivity (Wildman–Crippen MR) is 77.2 cm³/mol. The molecule has 4 nitrogen and oxygen atoms in total. The van der Waals surface area contributed by atoms with Crippen LogP contribution >= 0.6 is 0 Å². The van der Waals surface area contributed by atoms with Crippen molar-refractivity contribution in [2.75, 3.05) is 6.61 Å². The summed E-state index contributed by atoms with van der Waals surface area (Å²) in [6, 6.07) is 4.69. The molecular formula is C15H24N2O2. The van der Waals surface area contributed by atoms with E-state index >= 15 is 0 Å². The number of carbonyl (C=O) groups is 1. The highest BCUT2D eigenvalue weighted by atomic mass is 16.5. The highest BCUT2D eigenvalue weighted by Gasteiger charge is 2.07. The summed E-state index contributed by atoms with van der Waals surface area (Å²) in [7, 11) is 0. The van der Waals surface area contributed by atoms with Gasteiger partial charge in [-0.15, -0.1) is 0 Å². The lowest BCUT2D eigenvalue weighted by Crippen LogP contribution is -2.22. The molecular weight excluding hydrogens is 240 g/mol. The SMILES string of the molecule is Cc1cc(CNC(C)C)cc(C)c1OCCC(N)=O. The molecule has 0 bridgehead atoms. The topological polar surface area (TPSA) is 64.3 Å². The number of ether oxygens (including phenoxy) is 1. The molecule has 4 heteroatoms. The van der Waals surface area contributed by atoms with Gasteiger partial charge >= 0.3 is 0 Å². The Hall–Kier alpha value is -1.55. The molecule has 0 radical (unpaired) electrons. The van der Waals surface area contributed by atoms with Crippen molar-refractivity contribution >= 4 is 5.91 Å². The molecule has 0 spiro atoms. The van der Waals surface area contributed by atoms with Gasteiger partial charge in [-0.1, -0.05) is 26.0 Å². The maximum atomic E-state index is 10.7. The second kappa shape index (κ2) is 7.14. The molecule has 0 saturated carbocycles. The molecule has 0 aromatic heterocycles. The highest BCUT2D eigenvalue weighted by molar-refractivity contribution is 5.73. The largest absolute Gasteiger partial charge is 0.493 e. The summed E-state index contributed by atoms with van der Waals surface area (Å²) < 4.78 is 5.64. The van der Waals surface area contributed by atoms with Gasteiger partial charge < -0.3 is 15.8 Å². The van der Waals surface area contributed by atoms with Gasteiger partial charge in [-0.2, -0.15) is 0 Å². The van der Waals surface area contributed by atoms with Crippen molar-refractivity contribution in [3.63, 3.8) is 0 Å². The van der Waals surface area contributed by atoms with Gasteiger partial charge in [0.05, 0.1) is 13.0 Å². The molecule has 0 fully saturated rings. The van der Waals surface area contributed by atoms with E-state index in [4.69, 9.17) is 10.5 Å². The van der Waals surface area contributed by atoms with Crippen LogP contribution in [0.15, 0.2) is 12.1 Å². The summed E-state index contributed by atoms with van der Waals surface area (Å²) in [5, 5.41) is 3.39. The first-order valence-corrected chi connectivity index (χ1v) is 6.64. The number of benzene rings is 1. The monoisotopic (exact) mass is 264 g/mol. The zero-order valence-corrected chi connectivity index (χ0v) is 12.2. The number of amides is 1. The molecule has 0 unspecified atom stereocenters. The molecule has 19 heavy (non-hydrogen) atoms. The first-order valence-electron chi connectivity index (χ1n) is 6.64. The molecule has 106 valence electrons. The maximum Gasteiger partial charge on any atom is 0.220 e. The van der Waals surface area contributed by atoms with Gasteiger partial charge in [-0.05, 0) is 30.5 Å². The summed E-state index contributed by atoms with van der Waals surface area (Å²) >= 11 is 0. The minimum atomic E-state index is -0.340. The Morgan fingerprint density at radius 3 is 2.37 bits per heavy atom. The molecule has 0 heterocycles. The van der Waals surface area contributed by atoms with Crippen LogP contribution in [0, 0.1) is 13.8 Å². The Bertz CT molecular complexity index is 419. The summed E-state index contributed by atoms with van der Waals surface area (Å²) in [5.41, 5.74) is 8.52. The molecule has 1 rings (SSSR count). The molecule has 3 N–H and O–H groups in total. The normalized spacial score (nSPS) is 10.8. The van der Waals surface area contributed by atoms with Gasteiger partial charge in [0, 0.05) is 12.6 Å². The first kappa shape index (κ1) is 15.5. The van der Waals surface area contributed by atoms with Crippen molar-refractivity contribution in [1.29, 1.82) is 0 Å². The predicted octanol–water partition coefficient (Wildman–Crippen LogP) is 2.06.